The van der Waals surface area contributed by atoms with Crippen molar-refractivity contribution in [3.8, 4) is 11.3 Å². The molecule has 0 radical (unpaired) electrons. The van der Waals surface area contributed by atoms with Crippen LogP contribution in [-0.2, 0) is 9.84 Å². The number of benzene rings is 3. The van der Waals surface area contributed by atoms with E-state index in [1.54, 1.807) is 4.68 Å². The molecule has 1 amide bonds. The molecule has 1 unspecified atom stereocenters. The van der Waals surface area contributed by atoms with Gasteiger partial charge in [-0.1, -0.05) is 90.5 Å². The molecule has 0 N–H and O–H groups in total. The number of carbonyl (C=O) groups is 1. The summed E-state index contributed by atoms with van der Waals surface area (Å²) in [6.07, 6.45) is 0.490. The molecule has 7 rings (SSSR count). The fourth-order valence-electron chi connectivity index (χ4n) is 6.82. The third-order valence-corrected chi connectivity index (χ3v) is 10.9. The van der Waals surface area contributed by atoms with Crippen LogP contribution in [0.1, 0.15) is 51.2 Å². The van der Waals surface area contributed by atoms with E-state index in [0.29, 0.717) is 47.5 Å². The van der Waals surface area contributed by atoms with E-state index >= 15 is 0 Å². The van der Waals surface area contributed by atoms with E-state index in [9.17, 15) is 13.2 Å². The second kappa shape index (κ2) is 11.9. The predicted octanol–water partition coefficient (Wildman–Crippen LogP) is 5.62. The zero-order valence-electron chi connectivity index (χ0n) is 25.6. The van der Waals surface area contributed by atoms with Crippen molar-refractivity contribution in [2.75, 3.05) is 37.7 Å². The number of aromatic nitrogens is 3. The summed E-state index contributed by atoms with van der Waals surface area (Å²) in [5, 5.41) is 5.49. The molecule has 8 nitrogen and oxygen atoms in total. The van der Waals surface area contributed by atoms with E-state index in [2.05, 4.69) is 53.4 Å². The maximum Gasteiger partial charge on any atom is 0.254 e. The van der Waals surface area contributed by atoms with Crippen molar-refractivity contribution in [1.29, 1.82) is 0 Å². The quantitative estimate of drug-likeness (QED) is 0.245. The molecular formula is C36H37N5O3S. The van der Waals surface area contributed by atoms with Crippen molar-refractivity contribution >= 4 is 26.8 Å². The molecule has 45 heavy (non-hydrogen) atoms. The highest BCUT2D eigenvalue weighted by molar-refractivity contribution is 7.91. The standard InChI is InChI=1S/C36H37N5O3S/c1-25-13-15-27(16-14-25)32-23-31(33-26(2)38-41(35(33)37-32)30-17-22-45(43,44)24-30)36(42)40-20-18-39(19-21-40)34(28-9-5-3-6-10-28)29-11-7-4-8-12-29/h3-16,23,30,34H,17-22,24H2,1-2H3. The maximum absolute atomic E-state index is 14.4. The number of pyridine rings is 1. The van der Waals surface area contributed by atoms with Crippen LogP contribution in [0.3, 0.4) is 0 Å². The topological polar surface area (TPSA) is 88.4 Å². The number of sulfone groups is 1. The van der Waals surface area contributed by atoms with Gasteiger partial charge in [-0.05, 0) is 37.5 Å². The molecule has 2 aliphatic heterocycles. The third kappa shape index (κ3) is 5.78. The zero-order chi connectivity index (χ0) is 31.1. The van der Waals surface area contributed by atoms with Gasteiger partial charge in [-0.15, -0.1) is 0 Å². The Hall–Kier alpha value is -4.34. The normalized spacial score (nSPS) is 18.6. The van der Waals surface area contributed by atoms with Gasteiger partial charge in [0.25, 0.3) is 5.91 Å². The number of aryl methyl sites for hydroxylation is 2. The lowest BCUT2D eigenvalue weighted by Gasteiger charge is -2.40. The monoisotopic (exact) mass is 619 g/mol. The Kier molecular flexibility index (Phi) is 7.75. The predicted molar refractivity (Wildman–Crippen MR) is 177 cm³/mol. The van der Waals surface area contributed by atoms with Crippen LogP contribution in [0.5, 0.6) is 0 Å². The van der Waals surface area contributed by atoms with Crippen molar-refractivity contribution in [3.05, 3.63) is 119 Å². The summed E-state index contributed by atoms with van der Waals surface area (Å²) in [5.74, 6) is 0.126. The van der Waals surface area contributed by atoms with E-state index in [4.69, 9.17) is 10.1 Å². The Morgan fingerprint density at radius 1 is 0.844 bits per heavy atom. The molecule has 0 aliphatic carbocycles. The zero-order valence-corrected chi connectivity index (χ0v) is 26.5. The Morgan fingerprint density at radius 3 is 2.04 bits per heavy atom. The molecule has 2 fully saturated rings. The fourth-order valence-corrected chi connectivity index (χ4v) is 8.51. The van der Waals surface area contributed by atoms with Crippen LogP contribution < -0.4 is 0 Å². The van der Waals surface area contributed by atoms with Gasteiger partial charge < -0.3 is 4.90 Å². The first-order valence-electron chi connectivity index (χ1n) is 15.6. The summed E-state index contributed by atoms with van der Waals surface area (Å²) in [6.45, 7) is 6.57. The number of rotatable bonds is 6. The first kappa shape index (κ1) is 29.4. The molecule has 0 saturated carbocycles. The van der Waals surface area contributed by atoms with Crippen molar-refractivity contribution in [3.63, 3.8) is 0 Å². The number of carbonyl (C=O) groups excluding carboxylic acids is 1. The minimum atomic E-state index is -3.13. The Labute approximate surface area is 264 Å². The van der Waals surface area contributed by atoms with Crippen LogP contribution in [0.4, 0.5) is 0 Å². The summed E-state index contributed by atoms with van der Waals surface area (Å²) in [7, 11) is -3.13. The molecule has 0 bridgehead atoms. The number of nitrogens with zero attached hydrogens (tertiary/aromatic N) is 5. The van der Waals surface area contributed by atoms with E-state index < -0.39 is 9.84 Å². The molecule has 2 saturated heterocycles. The third-order valence-electron chi connectivity index (χ3n) is 9.17. The highest BCUT2D eigenvalue weighted by atomic mass is 32.2. The molecular weight excluding hydrogens is 582 g/mol. The number of fused-ring (bicyclic) bond motifs is 1. The lowest BCUT2D eigenvalue weighted by molar-refractivity contribution is 0.0599. The van der Waals surface area contributed by atoms with Crippen molar-refractivity contribution in [2.45, 2.75) is 32.4 Å². The van der Waals surface area contributed by atoms with Crippen LogP contribution in [0, 0.1) is 13.8 Å². The summed E-state index contributed by atoms with van der Waals surface area (Å²) >= 11 is 0. The van der Waals surface area contributed by atoms with Crippen LogP contribution in [0.15, 0.2) is 91.0 Å². The maximum atomic E-state index is 14.4. The molecule has 3 aromatic carbocycles. The van der Waals surface area contributed by atoms with E-state index in [-0.39, 0.29) is 29.5 Å². The second-order valence-electron chi connectivity index (χ2n) is 12.3. The van der Waals surface area contributed by atoms with Gasteiger partial charge in [0.1, 0.15) is 0 Å². The van der Waals surface area contributed by atoms with Crippen LogP contribution >= 0.6 is 0 Å². The van der Waals surface area contributed by atoms with Gasteiger partial charge in [-0.25, -0.2) is 18.1 Å². The summed E-state index contributed by atoms with van der Waals surface area (Å²) in [4.78, 5) is 23.8. The first-order chi connectivity index (χ1) is 21.8. The van der Waals surface area contributed by atoms with Gasteiger partial charge in [-0.2, -0.15) is 5.10 Å². The summed E-state index contributed by atoms with van der Waals surface area (Å²) in [5.41, 5.74) is 7.01. The van der Waals surface area contributed by atoms with Crippen molar-refractivity contribution in [1.82, 2.24) is 24.6 Å². The number of hydrogen-bond donors (Lipinski definition) is 0. The molecule has 5 aromatic rings. The van der Waals surface area contributed by atoms with E-state index in [1.807, 2.05) is 61.2 Å². The smallest absolute Gasteiger partial charge is 0.254 e. The van der Waals surface area contributed by atoms with Gasteiger partial charge >= 0.3 is 0 Å². The minimum absolute atomic E-state index is 0.0366. The van der Waals surface area contributed by atoms with Crippen LogP contribution in [0.25, 0.3) is 22.3 Å². The van der Waals surface area contributed by atoms with Gasteiger partial charge in [0.05, 0.1) is 45.9 Å². The lowest BCUT2D eigenvalue weighted by Crippen LogP contribution is -2.50. The van der Waals surface area contributed by atoms with E-state index in [1.165, 1.54) is 11.1 Å². The van der Waals surface area contributed by atoms with Crippen LogP contribution in [-0.4, -0.2) is 76.6 Å². The Bertz CT molecular complexity index is 1910. The fraction of sp³-hybridized carbons (Fsp3) is 0.306. The molecule has 230 valence electrons. The number of piperazine rings is 1. The Balaban J connectivity index is 1.23. The molecule has 2 aromatic heterocycles. The minimum Gasteiger partial charge on any atom is -0.336 e. The largest absolute Gasteiger partial charge is 0.336 e. The lowest BCUT2D eigenvalue weighted by atomic mass is 9.96. The average molecular weight is 620 g/mol. The number of hydrogen-bond acceptors (Lipinski definition) is 6. The molecule has 0 spiro atoms. The van der Waals surface area contributed by atoms with Gasteiger partial charge in [0.2, 0.25) is 0 Å². The SMILES string of the molecule is Cc1ccc(-c2cc(C(=O)N3CCN(C(c4ccccc4)c4ccccc4)CC3)c3c(C)nn(C4CCS(=O)(=O)C4)c3n2)cc1. The highest BCUT2D eigenvalue weighted by Gasteiger charge is 2.34. The first-order valence-corrected chi connectivity index (χ1v) is 17.4. The van der Waals surface area contributed by atoms with Crippen molar-refractivity contribution in [2.24, 2.45) is 0 Å². The summed E-state index contributed by atoms with van der Waals surface area (Å²) in [6, 6.07) is 30.9. The van der Waals surface area contributed by atoms with Crippen LogP contribution in [0.2, 0.25) is 0 Å². The number of amides is 1. The molecule has 4 heterocycles. The highest BCUT2D eigenvalue weighted by Crippen LogP contribution is 2.34. The van der Waals surface area contributed by atoms with E-state index in [0.717, 1.165) is 24.2 Å². The van der Waals surface area contributed by atoms with Gasteiger partial charge in [0.15, 0.2) is 15.5 Å². The molecule has 9 heteroatoms. The second-order valence-corrected chi connectivity index (χ2v) is 14.5. The molecule has 2 aliphatic rings. The van der Waals surface area contributed by atoms with Gasteiger partial charge in [-0.3, -0.25) is 9.69 Å². The Morgan fingerprint density at radius 2 is 1.47 bits per heavy atom. The van der Waals surface area contributed by atoms with Gasteiger partial charge in [0, 0.05) is 31.7 Å². The van der Waals surface area contributed by atoms with Crippen molar-refractivity contribution < 1.29 is 13.2 Å². The summed E-state index contributed by atoms with van der Waals surface area (Å²) < 4.78 is 26.5. The molecule has 1 atom stereocenters. The average Bonchev–Trinajstić information content (AvgIpc) is 3.60.